The van der Waals surface area contributed by atoms with Gasteiger partial charge in [-0.2, -0.15) is 5.10 Å². The first-order valence-electron chi connectivity index (χ1n) is 9.68. The highest BCUT2D eigenvalue weighted by atomic mass is 16.5. The molecule has 2 heterocycles. The average Bonchev–Trinajstić information content (AvgIpc) is 2.77. The van der Waals surface area contributed by atoms with Crippen LogP contribution in [0.5, 0.6) is 5.75 Å². The predicted molar refractivity (Wildman–Crippen MR) is 112 cm³/mol. The van der Waals surface area contributed by atoms with E-state index in [9.17, 15) is 9.59 Å². The number of aryl methyl sites for hydroxylation is 1. The van der Waals surface area contributed by atoms with Gasteiger partial charge in [-0.3, -0.25) is 9.59 Å². The van der Waals surface area contributed by atoms with Gasteiger partial charge in [-0.25, -0.2) is 4.68 Å². The number of nitrogens with zero attached hydrogens (tertiary/aromatic N) is 4. The zero-order chi connectivity index (χ0) is 20.4. The summed E-state index contributed by atoms with van der Waals surface area (Å²) in [7, 11) is 3.28. The van der Waals surface area contributed by atoms with Gasteiger partial charge in [-0.1, -0.05) is 24.3 Å². The molecule has 0 N–H and O–H groups in total. The third-order valence-corrected chi connectivity index (χ3v) is 5.40. The lowest BCUT2D eigenvalue weighted by molar-refractivity contribution is -0.130. The normalized spacial score (nSPS) is 14.3. The molecule has 7 heteroatoms. The van der Waals surface area contributed by atoms with Gasteiger partial charge in [0.05, 0.1) is 24.6 Å². The van der Waals surface area contributed by atoms with Crippen molar-refractivity contribution >= 4 is 22.4 Å². The van der Waals surface area contributed by atoms with Crippen LogP contribution in [-0.2, 0) is 18.3 Å². The minimum absolute atomic E-state index is 0.0339. The first kappa shape index (κ1) is 19.0. The van der Waals surface area contributed by atoms with Crippen LogP contribution in [-0.4, -0.2) is 53.9 Å². The Morgan fingerprint density at radius 2 is 1.76 bits per heavy atom. The molecule has 1 aliphatic heterocycles. The van der Waals surface area contributed by atoms with E-state index in [1.807, 2.05) is 41.3 Å². The average molecular weight is 392 g/mol. The van der Waals surface area contributed by atoms with Gasteiger partial charge in [-0.15, -0.1) is 0 Å². The second-order valence-electron chi connectivity index (χ2n) is 7.17. The molecule has 0 saturated carbocycles. The Kier molecular flexibility index (Phi) is 5.20. The Morgan fingerprint density at radius 1 is 1.03 bits per heavy atom. The van der Waals surface area contributed by atoms with Crippen molar-refractivity contribution in [1.29, 1.82) is 0 Å². The number of carbonyl (C=O) groups is 1. The van der Waals surface area contributed by atoms with Crippen molar-refractivity contribution in [2.75, 3.05) is 38.2 Å². The number of fused-ring (bicyclic) bond motifs is 1. The number of amides is 1. The van der Waals surface area contributed by atoms with Gasteiger partial charge >= 0.3 is 0 Å². The molecule has 2 aromatic carbocycles. The van der Waals surface area contributed by atoms with Crippen molar-refractivity contribution in [3.63, 3.8) is 0 Å². The number of piperazine rings is 1. The number of aromatic nitrogens is 2. The number of rotatable bonds is 4. The molecular weight excluding hydrogens is 368 g/mol. The van der Waals surface area contributed by atoms with Crippen LogP contribution in [0.3, 0.4) is 0 Å². The van der Waals surface area contributed by atoms with Crippen LogP contribution in [0, 0.1) is 0 Å². The fourth-order valence-electron chi connectivity index (χ4n) is 3.78. The zero-order valence-electron chi connectivity index (χ0n) is 16.7. The highest BCUT2D eigenvalue weighted by Crippen LogP contribution is 2.22. The number of benzene rings is 2. The molecule has 1 amide bonds. The molecule has 7 nitrogen and oxygen atoms in total. The molecule has 1 aliphatic rings. The van der Waals surface area contributed by atoms with Crippen LogP contribution in [0.4, 0.5) is 5.69 Å². The Hall–Kier alpha value is -3.35. The standard InChI is InChI=1S/C22H24N4O3/c1-24-22(28)19-9-4-3-8-18(19)20(23-24)15-21(27)26-12-10-25(11-13-26)16-6-5-7-17(14-16)29-2/h3-9,14H,10-13,15H2,1-2H3. The predicted octanol–water partition coefficient (Wildman–Crippen LogP) is 1.83. The maximum Gasteiger partial charge on any atom is 0.274 e. The SMILES string of the molecule is COc1cccc(N2CCN(C(=O)Cc3nn(C)c(=O)c4ccccc34)CC2)c1. The highest BCUT2D eigenvalue weighted by Gasteiger charge is 2.23. The second-order valence-corrected chi connectivity index (χ2v) is 7.17. The molecular formula is C22H24N4O3. The monoisotopic (exact) mass is 392 g/mol. The molecule has 150 valence electrons. The molecule has 29 heavy (non-hydrogen) atoms. The Morgan fingerprint density at radius 3 is 2.48 bits per heavy atom. The summed E-state index contributed by atoms with van der Waals surface area (Å²) in [6.07, 6.45) is 0.188. The minimum Gasteiger partial charge on any atom is -0.497 e. The smallest absolute Gasteiger partial charge is 0.274 e. The quantitative estimate of drug-likeness (QED) is 0.678. The molecule has 0 aliphatic carbocycles. The van der Waals surface area contributed by atoms with E-state index in [2.05, 4.69) is 16.1 Å². The van der Waals surface area contributed by atoms with Crippen molar-refractivity contribution in [3.8, 4) is 5.75 Å². The minimum atomic E-state index is -0.149. The molecule has 3 aromatic rings. The Labute approximate surface area is 169 Å². The second kappa shape index (κ2) is 7.95. The van der Waals surface area contributed by atoms with Gasteiger partial charge in [0.15, 0.2) is 0 Å². The lowest BCUT2D eigenvalue weighted by atomic mass is 10.1. The van der Waals surface area contributed by atoms with Gasteiger partial charge in [0.2, 0.25) is 5.91 Å². The molecule has 0 atom stereocenters. The number of ether oxygens (including phenoxy) is 1. The summed E-state index contributed by atoms with van der Waals surface area (Å²) < 4.78 is 6.61. The Balaban J connectivity index is 1.46. The highest BCUT2D eigenvalue weighted by molar-refractivity contribution is 5.88. The summed E-state index contributed by atoms with van der Waals surface area (Å²) >= 11 is 0. The van der Waals surface area contributed by atoms with Crippen molar-refractivity contribution in [2.45, 2.75) is 6.42 Å². The molecule has 0 unspecified atom stereocenters. The largest absolute Gasteiger partial charge is 0.497 e. The van der Waals surface area contributed by atoms with Crippen molar-refractivity contribution < 1.29 is 9.53 Å². The van der Waals surface area contributed by atoms with E-state index in [1.165, 1.54) is 4.68 Å². The summed E-state index contributed by atoms with van der Waals surface area (Å²) in [6.45, 7) is 2.83. The molecule has 0 bridgehead atoms. The van der Waals surface area contributed by atoms with Crippen LogP contribution in [0.1, 0.15) is 5.69 Å². The van der Waals surface area contributed by atoms with Crippen LogP contribution < -0.4 is 15.2 Å². The van der Waals surface area contributed by atoms with E-state index in [-0.39, 0.29) is 17.9 Å². The van der Waals surface area contributed by atoms with E-state index < -0.39 is 0 Å². The van der Waals surface area contributed by atoms with E-state index in [4.69, 9.17) is 4.74 Å². The van der Waals surface area contributed by atoms with Gasteiger partial charge < -0.3 is 14.5 Å². The van der Waals surface area contributed by atoms with E-state index >= 15 is 0 Å². The van der Waals surface area contributed by atoms with Gasteiger partial charge in [0, 0.05) is 50.4 Å². The summed E-state index contributed by atoms with van der Waals surface area (Å²) in [4.78, 5) is 29.3. The zero-order valence-corrected chi connectivity index (χ0v) is 16.7. The van der Waals surface area contributed by atoms with Crippen LogP contribution in [0.15, 0.2) is 53.3 Å². The summed E-state index contributed by atoms with van der Waals surface area (Å²) in [5.74, 6) is 0.861. The summed E-state index contributed by atoms with van der Waals surface area (Å²) in [6, 6.07) is 15.3. The summed E-state index contributed by atoms with van der Waals surface area (Å²) in [5.41, 5.74) is 1.59. The van der Waals surface area contributed by atoms with Crippen LogP contribution in [0.25, 0.3) is 10.8 Å². The van der Waals surface area contributed by atoms with E-state index in [0.717, 1.165) is 29.9 Å². The maximum atomic E-state index is 12.9. The van der Waals surface area contributed by atoms with Crippen LogP contribution in [0.2, 0.25) is 0 Å². The van der Waals surface area contributed by atoms with E-state index in [1.54, 1.807) is 20.2 Å². The number of hydrogen-bond acceptors (Lipinski definition) is 5. The van der Waals surface area contributed by atoms with Gasteiger partial charge in [0.1, 0.15) is 5.75 Å². The van der Waals surface area contributed by atoms with Gasteiger partial charge in [-0.05, 0) is 18.2 Å². The number of anilines is 1. The molecule has 0 radical (unpaired) electrons. The fraction of sp³-hybridized carbons (Fsp3) is 0.318. The van der Waals surface area contributed by atoms with Crippen molar-refractivity contribution in [2.24, 2.45) is 7.05 Å². The summed E-state index contributed by atoms with van der Waals surface area (Å²) in [5, 5.41) is 5.69. The lowest BCUT2D eigenvalue weighted by Gasteiger charge is -2.36. The molecule has 1 saturated heterocycles. The van der Waals surface area contributed by atoms with Gasteiger partial charge in [0.25, 0.3) is 5.56 Å². The lowest BCUT2D eigenvalue weighted by Crippen LogP contribution is -2.49. The van der Waals surface area contributed by atoms with Crippen molar-refractivity contribution in [1.82, 2.24) is 14.7 Å². The third kappa shape index (κ3) is 3.81. The van der Waals surface area contributed by atoms with E-state index in [0.29, 0.717) is 24.2 Å². The number of carbonyl (C=O) groups excluding carboxylic acids is 1. The molecule has 4 rings (SSSR count). The first-order valence-corrected chi connectivity index (χ1v) is 9.68. The molecule has 1 fully saturated rings. The van der Waals surface area contributed by atoms with Crippen LogP contribution >= 0.6 is 0 Å². The topological polar surface area (TPSA) is 67.7 Å². The molecule has 0 spiro atoms. The number of hydrogen-bond donors (Lipinski definition) is 0. The third-order valence-electron chi connectivity index (χ3n) is 5.40. The molecule has 1 aromatic heterocycles. The number of methoxy groups -OCH3 is 1. The first-order chi connectivity index (χ1) is 14.1. The maximum absolute atomic E-state index is 12.9. The fourth-order valence-corrected chi connectivity index (χ4v) is 3.78. The Bertz CT molecular complexity index is 1100. The van der Waals surface area contributed by atoms with Crippen molar-refractivity contribution in [3.05, 3.63) is 64.6 Å².